The highest BCUT2D eigenvalue weighted by atomic mass is 16.2. The Morgan fingerprint density at radius 2 is 1.83 bits per heavy atom. The van der Waals surface area contributed by atoms with Crippen LogP contribution in [0.15, 0.2) is 4.99 Å². The van der Waals surface area contributed by atoms with Crippen LogP contribution in [0.25, 0.3) is 0 Å². The molecule has 0 unspecified atom stereocenters. The molecule has 0 spiro atoms. The Bertz CT molecular complexity index is 396. The monoisotopic (exact) mass is 323 g/mol. The Hall–Kier alpha value is -1.30. The van der Waals surface area contributed by atoms with Crippen LogP contribution in [0.4, 0.5) is 0 Å². The number of hydrogen-bond donors (Lipinski definition) is 2. The van der Waals surface area contributed by atoms with Gasteiger partial charge in [0.15, 0.2) is 5.96 Å². The fourth-order valence-electron chi connectivity index (χ4n) is 3.29. The van der Waals surface area contributed by atoms with Crippen molar-refractivity contribution in [2.75, 3.05) is 39.3 Å². The number of nitrogens with one attached hydrogen (secondary N) is 2. The van der Waals surface area contributed by atoms with E-state index in [0.29, 0.717) is 12.1 Å². The lowest BCUT2D eigenvalue weighted by Gasteiger charge is -2.35. The van der Waals surface area contributed by atoms with Gasteiger partial charge in [0.25, 0.3) is 0 Å². The van der Waals surface area contributed by atoms with E-state index in [2.05, 4.69) is 41.3 Å². The van der Waals surface area contributed by atoms with Gasteiger partial charge in [-0.3, -0.25) is 4.79 Å². The normalized spacial score (nSPS) is 21.0. The van der Waals surface area contributed by atoms with Crippen LogP contribution in [-0.4, -0.2) is 73.0 Å². The average molecular weight is 323 g/mol. The molecule has 2 N–H and O–H groups in total. The highest BCUT2D eigenvalue weighted by Gasteiger charge is 2.22. The fraction of sp³-hybridized carbons (Fsp3) is 0.882. The van der Waals surface area contributed by atoms with Gasteiger partial charge in [0.05, 0.1) is 0 Å². The standard InChI is InChI=1S/C17H33N5O/c1-4-18-17(19-13-16(23)22-9-5-6-10-22)20-15-7-11-21(12-8-15)14(2)3/h14-15H,4-13H2,1-3H3,(H2,18,19,20). The van der Waals surface area contributed by atoms with Gasteiger partial charge in [-0.05, 0) is 46.5 Å². The molecule has 0 aromatic heterocycles. The van der Waals surface area contributed by atoms with Crippen LogP contribution in [0.1, 0.15) is 46.5 Å². The van der Waals surface area contributed by atoms with Crippen molar-refractivity contribution in [3.05, 3.63) is 0 Å². The molecular formula is C17H33N5O. The Kier molecular flexibility index (Phi) is 7.15. The molecule has 0 aromatic rings. The maximum absolute atomic E-state index is 12.1. The molecule has 1 amide bonds. The van der Waals surface area contributed by atoms with Crippen molar-refractivity contribution in [2.45, 2.75) is 58.5 Å². The number of guanidine groups is 1. The summed E-state index contributed by atoms with van der Waals surface area (Å²) in [7, 11) is 0. The van der Waals surface area contributed by atoms with Gasteiger partial charge in [0.2, 0.25) is 5.91 Å². The number of hydrogen-bond acceptors (Lipinski definition) is 3. The molecule has 0 aromatic carbocycles. The Morgan fingerprint density at radius 1 is 1.17 bits per heavy atom. The van der Waals surface area contributed by atoms with Crippen LogP contribution in [-0.2, 0) is 4.79 Å². The summed E-state index contributed by atoms with van der Waals surface area (Å²) in [5.74, 6) is 0.928. The first-order valence-corrected chi connectivity index (χ1v) is 9.16. The number of likely N-dealkylation sites (tertiary alicyclic amines) is 2. The summed E-state index contributed by atoms with van der Waals surface area (Å²) < 4.78 is 0. The second kappa shape index (κ2) is 9.11. The summed E-state index contributed by atoms with van der Waals surface area (Å²) in [4.78, 5) is 21.1. The van der Waals surface area contributed by atoms with Crippen molar-refractivity contribution in [1.29, 1.82) is 0 Å². The van der Waals surface area contributed by atoms with Gasteiger partial charge >= 0.3 is 0 Å². The predicted molar refractivity (Wildman–Crippen MR) is 94.7 cm³/mol. The molecule has 132 valence electrons. The zero-order valence-corrected chi connectivity index (χ0v) is 15.0. The van der Waals surface area contributed by atoms with Crippen LogP contribution in [0.5, 0.6) is 0 Å². The highest BCUT2D eigenvalue weighted by Crippen LogP contribution is 2.13. The van der Waals surface area contributed by atoms with Gasteiger partial charge < -0.3 is 20.4 Å². The van der Waals surface area contributed by atoms with Gasteiger partial charge in [-0.2, -0.15) is 0 Å². The number of nitrogens with zero attached hydrogens (tertiary/aromatic N) is 3. The minimum Gasteiger partial charge on any atom is -0.357 e. The lowest BCUT2D eigenvalue weighted by atomic mass is 10.0. The average Bonchev–Trinajstić information content (AvgIpc) is 3.07. The van der Waals surface area contributed by atoms with Crippen molar-refractivity contribution in [3.63, 3.8) is 0 Å². The van der Waals surface area contributed by atoms with Gasteiger partial charge in [-0.1, -0.05) is 0 Å². The van der Waals surface area contributed by atoms with E-state index in [1.54, 1.807) is 0 Å². The van der Waals surface area contributed by atoms with Crippen molar-refractivity contribution in [3.8, 4) is 0 Å². The fourth-order valence-corrected chi connectivity index (χ4v) is 3.29. The molecule has 2 aliphatic heterocycles. The second-order valence-electron chi connectivity index (χ2n) is 6.83. The van der Waals surface area contributed by atoms with Crippen molar-refractivity contribution in [1.82, 2.24) is 20.4 Å². The zero-order valence-electron chi connectivity index (χ0n) is 15.0. The third kappa shape index (κ3) is 5.68. The maximum atomic E-state index is 12.1. The molecule has 0 aliphatic carbocycles. The van der Waals surface area contributed by atoms with Crippen LogP contribution in [0.2, 0.25) is 0 Å². The number of piperidine rings is 1. The number of rotatable bonds is 5. The first-order chi connectivity index (χ1) is 11.1. The largest absolute Gasteiger partial charge is 0.357 e. The van der Waals surface area contributed by atoms with E-state index in [4.69, 9.17) is 0 Å². The third-order valence-electron chi connectivity index (χ3n) is 4.78. The first-order valence-electron chi connectivity index (χ1n) is 9.16. The molecule has 0 bridgehead atoms. The number of amides is 1. The summed E-state index contributed by atoms with van der Waals surface area (Å²) in [6.07, 6.45) is 4.51. The van der Waals surface area contributed by atoms with Crippen molar-refractivity contribution >= 4 is 11.9 Å². The smallest absolute Gasteiger partial charge is 0.244 e. The Labute approximate surface area is 140 Å². The van der Waals surface area contributed by atoms with E-state index in [0.717, 1.165) is 64.4 Å². The van der Waals surface area contributed by atoms with Crippen LogP contribution in [0.3, 0.4) is 0 Å². The Morgan fingerprint density at radius 3 is 2.39 bits per heavy atom. The molecular weight excluding hydrogens is 290 g/mol. The molecule has 6 heteroatoms. The zero-order chi connectivity index (χ0) is 16.7. The predicted octanol–water partition coefficient (Wildman–Crippen LogP) is 1.04. The van der Waals surface area contributed by atoms with Gasteiger partial charge in [-0.15, -0.1) is 0 Å². The van der Waals surface area contributed by atoms with Crippen LogP contribution >= 0.6 is 0 Å². The van der Waals surface area contributed by atoms with E-state index in [9.17, 15) is 4.79 Å². The number of aliphatic imine (C=N–C) groups is 1. The summed E-state index contributed by atoms with van der Waals surface area (Å²) >= 11 is 0. The molecule has 0 atom stereocenters. The highest BCUT2D eigenvalue weighted by molar-refractivity contribution is 5.85. The Balaban J connectivity index is 1.81. The minimum absolute atomic E-state index is 0.148. The summed E-state index contributed by atoms with van der Waals surface area (Å²) in [6.45, 7) is 11.7. The first kappa shape index (κ1) is 18.0. The maximum Gasteiger partial charge on any atom is 0.244 e. The topological polar surface area (TPSA) is 60.0 Å². The van der Waals surface area contributed by atoms with E-state index in [1.165, 1.54) is 0 Å². The van der Waals surface area contributed by atoms with Crippen molar-refractivity contribution in [2.24, 2.45) is 4.99 Å². The summed E-state index contributed by atoms with van der Waals surface area (Å²) in [5.41, 5.74) is 0. The molecule has 2 aliphatic rings. The minimum atomic E-state index is 0.148. The molecule has 2 heterocycles. The number of carbonyl (C=O) groups excluding carboxylic acids is 1. The molecule has 23 heavy (non-hydrogen) atoms. The SMILES string of the molecule is CCNC(=NCC(=O)N1CCCC1)NC1CCN(C(C)C)CC1. The third-order valence-corrected chi connectivity index (χ3v) is 4.78. The summed E-state index contributed by atoms with van der Waals surface area (Å²) in [5, 5.41) is 6.77. The van der Waals surface area contributed by atoms with E-state index in [-0.39, 0.29) is 12.5 Å². The van der Waals surface area contributed by atoms with Crippen molar-refractivity contribution < 1.29 is 4.79 Å². The van der Waals surface area contributed by atoms with Gasteiger partial charge in [0.1, 0.15) is 6.54 Å². The molecule has 2 rings (SSSR count). The second-order valence-corrected chi connectivity index (χ2v) is 6.83. The summed E-state index contributed by atoms with van der Waals surface area (Å²) in [6, 6.07) is 1.07. The van der Waals surface area contributed by atoms with Gasteiger partial charge in [-0.25, -0.2) is 4.99 Å². The van der Waals surface area contributed by atoms with E-state index < -0.39 is 0 Å². The quantitative estimate of drug-likeness (QED) is 0.586. The molecule has 0 radical (unpaired) electrons. The molecule has 2 saturated heterocycles. The van der Waals surface area contributed by atoms with Crippen LogP contribution in [0, 0.1) is 0 Å². The molecule has 2 fully saturated rings. The van der Waals surface area contributed by atoms with Gasteiger partial charge in [0, 0.05) is 44.8 Å². The molecule has 0 saturated carbocycles. The van der Waals surface area contributed by atoms with Crippen LogP contribution < -0.4 is 10.6 Å². The molecule has 6 nitrogen and oxygen atoms in total. The number of carbonyl (C=O) groups is 1. The lowest BCUT2D eigenvalue weighted by molar-refractivity contribution is -0.128. The van der Waals surface area contributed by atoms with E-state index >= 15 is 0 Å². The lowest BCUT2D eigenvalue weighted by Crippen LogP contribution is -2.50. The van der Waals surface area contributed by atoms with E-state index in [1.807, 2.05) is 4.90 Å².